The van der Waals surface area contributed by atoms with Gasteiger partial charge in [0, 0.05) is 35.9 Å². The number of benzene rings is 1. The van der Waals surface area contributed by atoms with Gasteiger partial charge in [-0.05, 0) is 50.6 Å². The van der Waals surface area contributed by atoms with Crippen LogP contribution >= 0.6 is 11.6 Å². The van der Waals surface area contributed by atoms with E-state index >= 15 is 0 Å². The summed E-state index contributed by atoms with van der Waals surface area (Å²) in [5.41, 5.74) is 6.11. The number of amides is 1. The Bertz CT molecular complexity index is 1360. The average Bonchev–Trinajstić information content (AvgIpc) is 3.29. The second-order valence-corrected chi connectivity index (χ2v) is 8.55. The highest BCUT2D eigenvalue weighted by molar-refractivity contribution is 6.31. The van der Waals surface area contributed by atoms with E-state index in [4.69, 9.17) is 21.4 Å². The number of imidazole rings is 1. The molecular formula is C24H24ClN5O2. The molecule has 0 aliphatic carbocycles. The third-order valence-corrected chi connectivity index (χ3v) is 6.41. The minimum Gasteiger partial charge on any atom is -0.497 e. The highest BCUT2D eigenvalue weighted by Gasteiger charge is 2.35. The van der Waals surface area contributed by atoms with E-state index in [1.807, 2.05) is 71.4 Å². The van der Waals surface area contributed by atoms with E-state index in [2.05, 4.69) is 4.98 Å². The number of aromatic nitrogens is 4. The number of methoxy groups -OCH3 is 1. The molecule has 0 fully saturated rings. The largest absolute Gasteiger partial charge is 0.497 e. The van der Waals surface area contributed by atoms with Gasteiger partial charge < -0.3 is 9.64 Å². The van der Waals surface area contributed by atoms with Gasteiger partial charge in [0.15, 0.2) is 0 Å². The average molecular weight is 450 g/mol. The first-order valence-electron chi connectivity index (χ1n) is 10.5. The molecule has 4 heterocycles. The molecule has 0 radical (unpaired) electrons. The summed E-state index contributed by atoms with van der Waals surface area (Å²) in [6, 6.07) is 11.2. The van der Waals surface area contributed by atoms with Crippen molar-refractivity contribution in [1.82, 2.24) is 24.1 Å². The molecule has 32 heavy (non-hydrogen) atoms. The zero-order valence-electron chi connectivity index (χ0n) is 18.5. The maximum Gasteiger partial charge on any atom is 0.273 e. The first kappa shape index (κ1) is 20.6. The van der Waals surface area contributed by atoms with Crippen LogP contribution < -0.4 is 4.74 Å². The standard InChI is InChI=1S/C24H24ClN5O2/c1-14-22(30-9-6-5-7-20(30)26-14)24(31)29-10-8-19-21(15(29)2)27-28(3)23(19)16-11-17(25)13-18(12-16)32-4/h5-7,9,11-13,15H,8,10H2,1-4H3/t15-/m0/s1. The second kappa shape index (κ2) is 7.67. The van der Waals surface area contributed by atoms with Crippen molar-refractivity contribution < 1.29 is 9.53 Å². The first-order chi connectivity index (χ1) is 15.4. The fourth-order valence-electron chi connectivity index (χ4n) is 4.71. The molecule has 1 aliphatic rings. The monoisotopic (exact) mass is 449 g/mol. The summed E-state index contributed by atoms with van der Waals surface area (Å²) in [6.07, 6.45) is 2.59. The summed E-state index contributed by atoms with van der Waals surface area (Å²) >= 11 is 6.32. The topological polar surface area (TPSA) is 64.7 Å². The van der Waals surface area contributed by atoms with Gasteiger partial charge in [-0.2, -0.15) is 5.10 Å². The van der Waals surface area contributed by atoms with Gasteiger partial charge in [-0.15, -0.1) is 0 Å². The maximum absolute atomic E-state index is 13.6. The number of fused-ring (bicyclic) bond motifs is 2. The van der Waals surface area contributed by atoms with Gasteiger partial charge in [0.2, 0.25) is 0 Å². The third kappa shape index (κ3) is 3.15. The third-order valence-electron chi connectivity index (χ3n) is 6.19. The van der Waals surface area contributed by atoms with Crippen LogP contribution in [0.4, 0.5) is 0 Å². The number of rotatable bonds is 3. The SMILES string of the molecule is COc1cc(Cl)cc(-c2c3c(nn2C)[C@H](C)N(C(=O)c2c(C)nc4ccccn24)CC3)c1. The van der Waals surface area contributed by atoms with E-state index in [0.29, 0.717) is 29.4 Å². The summed E-state index contributed by atoms with van der Waals surface area (Å²) in [5, 5.41) is 5.42. The van der Waals surface area contributed by atoms with Crippen molar-refractivity contribution in [3.63, 3.8) is 0 Å². The van der Waals surface area contributed by atoms with Gasteiger partial charge in [-0.3, -0.25) is 13.9 Å². The molecule has 4 aromatic rings. The van der Waals surface area contributed by atoms with Crippen molar-refractivity contribution in [2.24, 2.45) is 7.05 Å². The molecule has 5 rings (SSSR count). The molecule has 164 valence electrons. The van der Waals surface area contributed by atoms with Crippen LogP contribution in [0.3, 0.4) is 0 Å². The Labute approximate surface area is 191 Å². The predicted molar refractivity (Wildman–Crippen MR) is 123 cm³/mol. The van der Waals surface area contributed by atoms with Crippen molar-refractivity contribution in [3.05, 3.63) is 70.3 Å². The Kier molecular flexibility index (Phi) is 4.93. The number of halogens is 1. The van der Waals surface area contributed by atoms with Crippen LogP contribution in [0.1, 0.15) is 40.4 Å². The number of hydrogen-bond donors (Lipinski definition) is 0. The fraction of sp³-hybridized carbons (Fsp3) is 0.292. The summed E-state index contributed by atoms with van der Waals surface area (Å²) < 4.78 is 9.14. The molecule has 0 bridgehead atoms. The highest BCUT2D eigenvalue weighted by Crippen LogP contribution is 2.38. The van der Waals surface area contributed by atoms with Crippen LogP contribution in [0, 0.1) is 6.92 Å². The molecule has 3 aromatic heterocycles. The Morgan fingerprint density at radius 1 is 1.25 bits per heavy atom. The highest BCUT2D eigenvalue weighted by atomic mass is 35.5. The van der Waals surface area contributed by atoms with Crippen molar-refractivity contribution in [3.8, 4) is 17.0 Å². The van der Waals surface area contributed by atoms with E-state index < -0.39 is 0 Å². The smallest absolute Gasteiger partial charge is 0.273 e. The number of hydrogen-bond acceptors (Lipinski definition) is 4. The molecule has 0 N–H and O–H groups in total. The zero-order chi connectivity index (χ0) is 22.6. The molecular weight excluding hydrogens is 426 g/mol. The zero-order valence-corrected chi connectivity index (χ0v) is 19.2. The van der Waals surface area contributed by atoms with Crippen LogP contribution in [-0.4, -0.2) is 43.6 Å². The minimum atomic E-state index is -0.166. The van der Waals surface area contributed by atoms with E-state index in [0.717, 1.165) is 33.9 Å². The number of carbonyl (C=O) groups excluding carboxylic acids is 1. The second-order valence-electron chi connectivity index (χ2n) is 8.11. The quantitative estimate of drug-likeness (QED) is 0.463. The Hall–Kier alpha value is -3.32. The van der Waals surface area contributed by atoms with Crippen LogP contribution in [-0.2, 0) is 13.5 Å². The van der Waals surface area contributed by atoms with Gasteiger partial charge in [0.25, 0.3) is 5.91 Å². The molecule has 0 unspecified atom stereocenters. The summed E-state index contributed by atoms with van der Waals surface area (Å²) in [4.78, 5) is 20.0. The van der Waals surface area contributed by atoms with Gasteiger partial charge >= 0.3 is 0 Å². The fourth-order valence-corrected chi connectivity index (χ4v) is 4.93. The molecule has 8 heteroatoms. The van der Waals surface area contributed by atoms with Crippen molar-refractivity contribution in [2.45, 2.75) is 26.3 Å². The van der Waals surface area contributed by atoms with E-state index in [-0.39, 0.29) is 11.9 Å². The number of aryl methyl sites for hydroxylation is 2. The van der Waals surface area contributed by atoms with Crippen molar-refractivity contribution in [1.29, 1.82) is 0 Å². The summed E-state index contributed by atoms with van der Waals surface area (Å²) in [6.45, 7) is 4.51. The predicted octanol–water partition coefficient (Wildman–Crippen LogP) is 4.46. The lowest BCUT2D eigenvalue weighted by Crippen LogP contribution is -2.39. The lowest BCUT2D eigenvalue weighted by Gasteiger charge is -2.33. The minimum absolute atomic E-state index is 0.0315. The molecule has 1 atom stereocenters. The molecule has 1 amide bonds. The van der Waals surface area contributed by atoms with E-state index in [1.165, 1.54) is 0 Å². The summed E-state index contributed by atoms with van der Waals surface area (Å²) in [5.74, 6) is 0.669. The Balaban J connectivity index is 1.54. The van der Waals surface area contributed by atoms with Crippen LogP contribution in [0.15, 0.2) is 42.6 Å². The Morgan fingerprint density at radius 2 is 2.06 bits per heavy atom. The van der Waals surface area contributed by atoms with Gasteiger partial charge in [-0.25, -0.2) is 4.98 Å². The normalized spacial score (nSPS) is 15.8. The molecule has 1 aliphatic heterocycles. The maximum atomic E-state index is 13.6. The number of carbonyl (C=O) groups is 1. The lowest BCUT2D eigenvalue weighted by molar-refractivity contribution is 0.0665. The molecule has 0 saturated carbocycles. The van der Waals surface area contributed by atoms with Crippen molar-refractivity contribution >= 4 is 23.2 Å². The van der Waals surface area contributed by atoms with E-state index in [1.54, 1.807) is 13.2 Å². The van der Waals surface area contributed by atoms with Crippen LogP contribution in [0.25, 0.3) is 16.9 Å². The molecule has 0 spiro atoms. The van der Waals surface area contributed by atoms with Gasteiger partial charge in [0.1, 0.15) is 17.1 Å². The first-order valence-corrected chi connectivity index (χ1v) is 10.9. The molecule has 7 nitrogen and oxygen atoms in total. The van der Waals surface area contributed by atoms with Gasteiger partial charge in [0.05, 0.1) is 30.2 Å². The summed E-state index contributed by atoms with van der Waals surface area (Å²) in [7, 11) is 3.55. The van der Waals surface area contributed by atoms with Crippen molar-refractivity contribution in [2.75, 3.05) is 13.7 Å². The van der Waals surface area contributed by atoms with Crippen LogP contribution in [0.2, 0.25) is 5.02 Å². The molecule has 0 saturated heterocycles. The number of nitrogens with zero attached hydrogens (tertiary/aromatic N) is 5. The van der Waals surface area contributed by atoms with E-state index in [9.17, 15) is 4.79 Å². The Morgan fingerprint density at radius 3 is 2.84 bits per heavy atom. The lowest BCUT2D eigenvalue weighted by atomic mass is 9.95. The molecule has 1 aromatic carbocycles. The van der Waals surface area contributed by atoms with Crippen LogP contribution in [0.5, 0.6) is 5.75 Å². The van der Waals surface area contributed by atoms with Gasteiger partial charge in [-0.1, -0.05) is 17.7 Å². The number of pyridine rings is 1. The number of ether oxygens (including phenoxy) is 1.